The molecule has 0 atom stereocenters. The van der Waals surface area contributed by atoms with Gasteiger partial charge >= 0.3 is 6.85 Å². The second-order valence-electron chi connectivity index (χ2n) is 18.1. The lowest BCUT2D eigenvalue weighted by Gasteiger charge is -2.53. The van der Waals surface area contributed by atoms with Gasteiger partial charge in [0.05, 0.1) is 5.41 Å². The molecule has 3 heteroatoms. The Morgan fingerprint density at radius 2 is 0.968 bits per heavy atom. The van der Waals surface area contributed by atoms with Crippen LogP contribution in [0.5, 0.6) is 0 Å². The van der Waals surface area contributed by atoms with Gasteiger partial charge in [0, 0.05) is 34.0 Å². The van der Waals surface area contributed by atoms with Crippen LogP contribution in [-0.2, 0) is 10.8 Å². The Hall–Kier alpha value is -7.36. The second kappa shape index (κ2) is 13.8. The Morgan fingerprint density at radius 1 is 0.419 bits per heavy atom. The van der Waals surface area contributed by atoms with Crippen molar-refractivity contribution in [2.45, 2.75) is 31.6 Å². The largest absolute Gasteiger partial charge is 0.376 e. The van der Waals surface area contributed by atoms with E-state index in [4.69, 9.17) is 0 Å². The molecule has 0 saturated carbocycles. The molecule has 12 rings (SSSR count). The van der Waals surface area contributed by atoms with E-state index in [1.807, 2.05) is 0 Å². The molecular formula is C59H45BN2. The van der Waals surface area contributed by atoms with E-state index in [0.717, 1.165) is 5.69 Å². The summed E-state index contributed by atoms with van der Waals surface area (Å²) in [6.07, 6.45) is 0. The summed E-state index contributed by atoms with van der Waals surface area (Å²) < 4.78 is 0. The van der Waals surface area contributed by atoms with Gasteiger partial charge in [-0.1, -0.05) is 209 Å². The third-order valence-electron chi connectivity index (χ3n) is 13.7. The lowest BCUT2D eigenvalue weighted by molar-refractivity contribution is 0.590. The summed E-state index contributed by atoms with van der Waals surface area (Å²) in [5.41, 5.74) is 22.0. The van der Waals surface area contributed by atoms with Crippen LogP contribution < -0.4 is 20.6 Å². The fourth-order valence-corrected chi connectivity index (χ4v) is 10.8. The molecular weight excluding hydrogens is 747 g/mol. The Labute approximate surface area is 365 Å². The summed E-state index contributed by atoms with van der Waals surface area (Å²) in [6.45, 7) is 6.94. The summed E-state index contributed by atoms with van der Waals surface area (Å²) >= 11 is 0. The minimum atomic E-state index is -0.557. The number of anilines is 5. The Bertz CT molecular complexity index is 3110. The molecule has 9 aromatic carbocycles. The van der Waals surface area contributed by atoms with E-state index in [1.54, 1.807) is 0 Å². The van der Waals surface area contributed by atoms with Crippen LogP contribution in [0.25, 0.3) is 33.4 Å². The normalized spacial score (nSPS) is 14.1. The van der Waals surface area contributed by atoms with Gasteiger partial charge in [-0.3, -0.25) is 0 Å². The maximum atomic E-state index is 2.72. The quantitative estimate of drug-likeness (QED) is 0.160. The maximum absolute atomic E-state index is 2.72. The topological polar surface area (TPSA) is 6.48 Å². The van der Waals surface area contributed by atoms with Crippen molar-refractivity contribution in [1.82, 2.24) is 0 Å². The highest BCUT2D eigenvalue weighted by molar-refractivity contribution is 6.93. The van der Waals surface area contributed by atoms with E-state index in [9.17, 15) is 0 Å². The number of hydrogen-bond donors (Lipinski definition) is 0. The number of fused-ring (bicyclic) bond motifs is 6. The van der Waals surface area contributed by atoms with E-state index in [1.165, 1.54) is 94.9 Å². The Morgan fingerprint density at radius 3 is 1.61 bits per heavy atom. The van der Waals surface area contributed by atoms with Gasteiger partial charge in [-0.2, -0.15) is 0 Å². The van der Waals surface area contributed by atoms with Crippen molar-refractivity contribution >= 4 is 46.2 Å². The number of para-hydroxylation sites is 2. The van der Waals surface area contributed by atoms with Gasteiger partial charge < -0.3 is 9.71 Å². The zero-order valence-electron chi connectivity index (χ0n) is 35.3. The van der Waals surface area contributed by atoms with Gasteiger partial charge in [-0.15, -0.1) is 0 Å². The molecule has 3 aliphatic heterocycles. The summed E-state index contributed by atoms with van der Waals surface area (Å²) in [7, 11) is 0. The van der Waals surface area contributed by atoms with Crippen LogP contribution in [0.2, 0.25) is 0 Å². The minimum Gasteiger partial charge on any atom is -0.376 e. The lowest BCUT2D eigenvalue weighted by atomic mass is 9.42. The average molecular weight is 793 g/mol. The first-order valence-corrected chi connectivity index (χ1v) is 21.9. The molecule has 0 radical (unpaired) electrons. The second-order valence-corrected chi connectivity index (χ2v) is 18.1. The van der Waals surface area contributed by atoms with Crippen molar-refractivity contribution in [3.05, 3.63) is 246 Å². The van der Waals surface area contributed by atoms with Crippen LogP contribution >= 0.6 is 0 Å². The molecule has 0 fully saturated rings. The van der Waals surface area contributed by atoms with Gasteiger partial charge in [0.25, 0.3) is 0 Å². The predicted octanol–water partition coefficient (Wildman–Crippen LogP) is 13.7. The number of benzene rings is 9. The van der Waals surface area contributed by atoms with Crippen LogP contribution in [0.1, 0.15) is 48.6 Å². The number of rotatable bonds is 5. The van der Waals surface area contributed by atoms with E-state index < -0.39 is 5.41 Å². The van der Waals surface area contributed by atoms with Crippen LogP contribution in [-0.4, -0.2) is 6.85 Å². The van der Waals surface area contributed by atoms with Gasteiger partial charge in [0.1, 0.15) is 0 Å². The highest BCUT2D eigenvalue weighted by Gasteiger charge is 2.53. The Balaban J connectivity index is 1.21. The Kier molecular flexibility index (Phi) is 8.15. The smallest absolute Gasteiger partial charge is 0.333 e. The van der Waals surface area contributed by atoms with Crippen molar-refractivity contribution in [2.24, 2.45) is 0 Å². The van der Waals surface area contributed by atoms with Crippen molar-refractivity contribution in [1.29, 1.82) is 0 Å². The van der Waals surface area contributed by atoms with Crippen molar-refractivity contribution in [3.63, 3.8) is 0 Å². The number of hydrogen-bond acceptors (Lipinski definition) is 2. The molecule has 3 heterocycles. The SMILES string of the molecule is CC(C)(C)c1cc2c3c(c1)N(c1ccc(-c4ccccc4)cc1)c1ccc(-c4ccccc4)cc1B3N1c3ccccc3C(c3ccccc3)(c3ccccc3)c3cccc-2c31. The summed E-state index contributed by atoms with van der Waals surface area (Å²) in [6, 6.07) is 81.7. The highest BCUT2D eigenvalue weighted by atomic mass is 15.2. The fraction of sp³-hybridized carbons (Fsp3) is 0.0847. The average Bonchev–Trinajstić information content (AvgIpc) is 3.33. The number of nitrogens with zero attached hydrogens (tertiary/aromatic N) is 2. The van der Waals surface area contributed by atoms with Crippen LogP contribution in [0, 0.1) is 0 Å². The fourth-order valence-electron chi connectivity index (χ4n) is 10.8. The zero-order valence-corrected chi connectivity index (χ0v) is 35.3. The van der Waals surface area contributed by atoms with E-state index in [-0.39, 0.29) is 12.3 Å². The monoisotopic (exact) mass is 792 g/mol. The molecule has 294 valence electrons. The minimum absolute atomic E-state index is 0.0995. The van der Waals surface area contributed by atoms with E-state index in [2.05, 4.69) is 249 Å². The maximum Gasteiger partial charge on any atom is 0.333 e. The molecule has 62 heavy (non-hydrogen) atoms. The zero-order chi connectivity index (χ0) is 41.6. The van der Waals surface area contributed by atoms with Crippen LogP contribution in [0.15, 0.2) is 218 Å². The molecule has 0 amide bonds. The van der Waals surface area contributed by atoms with Gasteiger partial charge in [-0.25, -0.2) is 0 Å². The first kappa shape index (κ1) is 36.5. The first-order chi connectivity index (χ1) is 30.4. The summed E-state index contributed by atoms with van der Waals surface area (Å²) in [5.74, 6) is 0. The standard InChI is InChI=1S/C59H45BN2/c1-58(2,3)46-38-49-48-27-18-29-51-57(48)62(53-30-17-16-28-50(53)59(51,44-23-12-6-13-24-44)45-25-14-7-15-26-45)60-52-37-43(41-21-10-5-11-22-41)33-36-54(52)61(55(39-46)56(49)60)47-34-31-42(32-35-47)40-19-8-4-9-20-40/h4-39H,1-3H3. The van der Waals surface area contributed by atoms with Crippen LogP contribution in [0.4, 0.5) is 28.4 Å². The molecule has 2 nitrogen and oxygen atoms in total. The van der Waals surface area contributed by atoms with Crippen molar-refractivity contribution < 1.29 is 0 Å². The molecule has 0 saturated heterocycles. The molecule has 0 aliphatic carbocycles. The molecule has 9 aromatic rings. The van der Waals surface area contributed by atoms with Crippen molar-refractivity contribution in [3.8, 4) is 33.4 Å². The highest BCUT2D eigenvalue weighted by Crippen LogP contribution is 2.60. The molecule has 3 aliphatic rings. The summed E-state index contributed by atoms with van der Waals surface area (Å²) in [4.78, 5) is 5.27. The van der Waals surface area contributed by atoms with Gasteiger partial charge in [-0.05, 0) is 102 Å². The molecule has 0 N–H and O–H groups in total. The van der Waals surface area contributed by atoms with Gasteiger partial charge in [0.2, 0.25) is 0 Å². The lowest BCUT2D eigenvalue weighted by Crippen LogP contribution is -2.63. The third-order valence-corrected chi connectivity index (χ3v) is 13.7. The summed E-state index contributed by atoms with van der Waals surface area (Å²) in [5, 5.41) is 0. The van der Waals surface area contributed by atoms with E-state index in [0.29, 0.717) is 0 Å². The van der Waals surface area contributed by atoms with Crippen LogP contribution in [0.3, 0.4) is 0 Å². The third kappa shape index (κ3) is 5.31. The first-order valence-electron chi connectivity index (χ1n) is 21.9. The van der Waals surface area contributed by atoms with Crippen molar-refractivity contribution in [2.75, 3.05) is 9.71 Å². The molecule has 0 unspecified atom stereocenters. The predicted molar refractivity (Wildman–Crippen MR) is 262 cm³/mol. The molecule has 0 bridgehead atoms. The van der Waals surface area contributed by atoms with Gasteiger partial charge in [0.15, 0.2) is 0 Å². The molecule has 0 aromatic heterocycles. The molecule has 0 spiro atoms. The van der Waals surface area contributed by atoms with E-state index >= 15 is 0 Å².